The Morgan fingerprint density at radius 3 is 0.955 bits per heavy atom. The van der Waals surface area contributed by atoms with Crippen LogP contribution in [-0.2, 0) is 17.3 Å². The van der Waals surface area contributed by atoms with Crippen LogP contribution in [0.5, 0.6) is 0 Å². The average Bonchev–Trinajstić information content (AvgIpc) is 2.57. The third-order valence-electron chi connectivity index (χ3n) is 3.75. The molecule has 0 saturated heterocycles. The topological polar surface area (TPSA) is 0 Å². The Labute approximate surface area is 136 Å². The van der Waals surface area contributed by atoms with Gasteiger partial charge in [0.1, 0.15) is 0 Å². The third kappa shape index (κ3) is 4.51. The van der Waals surface area contributed by atoms with Crippen LogP contribution >= 0.6 is 10.9 Å². The largest absolute Gasteiger partial charge is 0.241 e. The van der Waals surface area contributed by atoms with Gasteiger partial charge in [0.05, 0.1) is 0 Å². The molecule has 0 bridgehead atoms. The Balaban J connectivity index is 1.75. The maximum atomic E-state index is 2.26. The molecule has 0 amide bonds. The second-order valence-corrected chi connectivity index (χ2v) is 7.89. The van der Waals surface area contributed by atoms with Crippen molar-refractivity contribution in [2.24, 2.45) is 0 Å². The summed E-state index contributed by atoms with van der Waals surface area (Å²) in [6.45, 7) is 0. The molecule has 0 unspecified atom stereocenters. The molecule has 0 radical (unpaired) electrons. The lowest BCUT2D eigenvalue weighted by Gasteiger charge is -2.22. The first-order valence-corrected chi connectivity index (χ1v) is 9.64. The standard InChI is InChI=1S/C21H22S/c1-4-10-19(11-5-1)16-22(17-20-12-6-2-7-13-20)18-21-14-8-3-9-15-21/h1-15,22H,16-18H2. The fourth-order valence-electron chi connectivity index (χ4n) is 2.69. The summed E-state index contributed by atoms with van der Waals surface area (Å²) in [6.07, 6.45) is 0. The third-order valence-corrected chi connectivity index (χ3v) is 6.18. The lowest BCUT2D eigenvalue weighted by atomic mass is 10.2. The van der Waals surface area contributed by atoms with Crippen LogP contribution in [0.25, 0.3) is 0 Å². The van der Waals surface area contributed by atoms with Crippen LogP contribution in [0.4, 0.5) is 0 Å². The number of hydrogen-bond donors (Lipinski definition) is 1. The van der Waals surface area contributed by atoms with Gasteiger partial charge in [-0.2, -0.15) is 0 Å². The van der Waals surface area contributed by atoms with E-state index in [1.807, 2.05) is 0 Å². The predicted octanol–water partition coefficient (Wildman–Crippen LogP) is 5.59. The monoisotopic (exact) mass is 306 g/mol. The van der Waals surface area contributed by atoms with Crippen molar-refractivity contribution in [2.45, 2.75) is 17.3 Å². The second kappa shape index (κ2) is 7.86. The van der Waals surface area contributed by atoms with Crippen molar-refractivity contribution < 1.29 is 0 Å². The van der Waals surface area contributed by atoms with E-state index in [0.717, 1.165) is 0 Å². The number of benzene rings is 3. The van der Waals surface area contributed by atoms with Gasteiger partial charge in [0.25, 0.3) is 0 Å². The summed E-state index contributed by atoms with van der Waals surface area (Å²) >= 11 is 0. The van der Waals surface area contributed by atoms with Gasteiger partial charge in [-0.3, -0.25) is 0 Å². The van der Waals surface area contributed by atoms with E-state index in [1.165, 1.54) is 33.9 Å². The van der Waals surface area contributed by atoms with Gasteiger partial charge in [-0.1, -0.05) is 91.0 Å². The molecule has 3 aromatic carbocycles. The zero-order valence-electron chi connectivity index (χ0n) is 12.7. The molecule has 0 heterocycles. The number of rotatable bonds is 6. The summed E-state index contributed by atoms with van der Waals surface area (Å²) in [7, 11) is -0.0895. The quantitative estimate of drug-likeness (QED) is 0.564. The minimum absolute atomic E-state index is 0.0895. The molecule has 0 aliphatic rings. The van der Waals surface area contributed by atoms with Crippen LogP contribution in [0.3, 0.4) is 0 Å². The van der Waals surface area contributed by atoms with Crippen molar-refractivity contribution in [3.8, 4) is 0 Å². The van der Waals surface area contributed by atoms with E-state index < -0.39 is 0 Å². The lowest BCUT2D eigenvalue weighted by Crippen LogP contribution is -1.96. The smallest absolute Gasteiger partial charge is 0.000594 e. The fourth-order valence-corrected chi connectivity index (χ4v) is 5.21. The van der Waals surface area contributed by atoms with Gasteiger partial charge < -0.3 is 0 Å². The summed E-state index contributed by atoms with van der Waals surface area (Å²) < 4.78 is 0. The molecule has 3 aromatic rings. The normalized spacial score (nSPS) is 11.2. The van der Waals surface area contributed by atoms with E-state index in [9.17, 15) is 0 Å². The highest BCUT2D eigenvalue weighted by molar-refractivity contribution is 8.14. The average molecular weight is 306 g/mol. The van der Waals surface area contributed by atoms with E-state index in [0.29, 0.717) is 0 Å². The molecule has 0 aliphatic carbocycles. The molecule has 22 heavy (non-hydrogen) atoms. The number of hydrogen-bond acceptors (Lipinski definition) is 0. The van der Waals surface area contributed by atoms with Gasteiger partial charge in [-0.15, -0.1) is 0 Å². The molecule has 0 aromatic heterocycles. The Morgan fingerprint density at radius 2 is 0.682 bits per heavy atom. The van der Waals surface area contributed by atoms with E-state index in [4.69, 9.17) is 0 Å². The highest BCUT2D eigenvalue weighted by Gasteiger charge is 2.08. The maximum Gasteiger partial charge on any atom is 0.000594 e. The van der Waals surface area contributed by atoms with Gasteiger partial charge in [0.15, 0.2) is 0 Å². The molecule has 0 N–H and O–H groups in total. The van der Waals surface area contributed by atoms with Crippen LogP contribution in [-0.4, -0.2) is 0 Å². The molecular weight excluding hydrogens is 284 g/mol. The van der Waals surface area contributed by atoms with Crippen LogP contribution < -0.4 is 0 Å². The maximum absolute atomic E-state index is 2.26. The first-order chi connectivity index (χ1) is 10.9. The molecule has 1 heteroatoms. The first-order valence-electron chi connectivity index (χ1n) is 7.74. The van der Waals surface area contributed by atoms with E-state index in [2.05, 4.69) is 91.0 Å². The molecule has 0 fully saturated rings. The zero-order valence-corrected chi connectivity index (χ0v) is 13.6. The van der Waals surface area contributed by atoms with E-state index >= 15 is 0 Å². The summed E-state index contributed by atoms with van der Waals surface area (Å²) in [5.74, 6) is 3.58. The fraction of sp³-hybridized carbons (Fsp3) is 0.143. The molecule has 0 atom stereocenters. The van der Waals surface area contributed by atoms with Gasteiger partial charge >= 0.3 is 0 Å². The van der Waals surface area contributed by atoms with Crippen molar-refractivity contribution in [3.05, 3.63) is 108 Å². The summed E-state index contributed by atoms with van der Waals surface area (Å²) in [6, 6.07) is 32.7. The molecule has 3 rings (SSSR count). The Hall–Kier alpha value is -1.99. The van der Waals surface area contributed by atoms with Crippen molar-refractivity contribution in [3.63, 3.8) is 0 Å². The number of thiol groups is 1. The van der Waals surface area contributed by atoms with Crippen LogP contribution in [0.15, 0.2) is 91.0 Å². The van der Waals surface area contributed by atoms with Gasteiger partial charge in [-0.25, -0.2) is 10.9 Å². The molecule has 0 nitrogen and oxygen atoms in total. The second-order valence-electron chi connectivity index (χ2n) is 5.60. The highest BCUT2D eigenvalue weighted by Crippen LogP contribution is 2.38. The van der Waals surface area contributed by atoms with Gasteiger partial charge in [0.2, 0.25) is 0 Å². The van der Waals surface area contributed by atoms with Crippen molar-refractivity contribution in [1.82, 2.24) is 0 Å². The molecule has 0 saturated carbocycles. The van der Waals surface area contributed by atoms with Crippen molar-refractivity contribution in [1.29, 1.82) is 0 Å². The predicted molar refractivity (Wildman–Crippen MR) is 99.4 cm³/mol. The Kier molecular flexibility index (Phi) is 5.33. The first kappa shape index (κ1) is 14.9. The molecular formula is C21H22S. The van der Waals surface area contributed by atoms with Crippen LogP contribution in [0, 0.1) is 0 Å². The van der Waals surface area contributed by atoms with Gasteiger partial charge in [-0.05, 0) is 16.7 Å². The minimum atomic E-state index is -0.0895. The Morgan fingerprint density at radius 1 is 0.409 bits per heavy atom. The lowest BCUT2D eigenvalue weighted by molar-refractivity contribution is 1.29. The minimum Gasteiger partial charge on any atom is -0.241 e. The Bertz CT molecular complexity index is 563. The summed E-state index contributed by atoms with van der Waals surface area (Å²) in [5.41, 5.74) is 4.38. The summed E-state index contributed by atoms with van der Waals surface area (Å²) in [5, 5.41) is 0. The SMILES string of the molecule is c1ccc(C[SH](Cc2ccccc2)Cc2ccccc2)cc1. The summed E-state index contributed by atoms with van der Waals surface area (Å²) in [4.78, 5) is 0. The van der Waals surface area contributed by atoms with Crippen molar-refractivity contribution >= 4 is 10.9 Å². The molecule has 112 valence electrons. The van der Waals surface area contributed by atoms with Crippen LogP contribution in [0.1, 0.15) is 16.7 Å². The van der Waals surface area contributed by atoms with Gasteiger partial charge in [0, 0.05) is 17.3 Å². The van der Waals surface area contributed by atoms with E-state index in [1.54, 1.807) is 0 Å². The van der Waals surface area contributed by atoms with E-state index in [-0.39, 0.29) is 10.9 Å². The highest BCUT2D eigenvalue weighted by atomic mass is 32.2. The molecule has 0 spiro atoms. The van der Waals surface area contributed by atoms with Crippen molar-refractivity contribution in [2.75, 3.05) is 0 Å². The van der Waals surface area contributed by atoms with Crippen LogP contribution in [0.2, 0.25) is 0 Å². The zero-order chi connectivity index (χ0) is 15.0. The molecule has 0 aliphatic heterocycles.